The van der Waals surface area contributed by atoms with Crippen LogP contribution in [-0.2, 0) is 17.6 Å². The maximum absolute atomic E-state index is 12.6. The zero-order valence-corrected chi connectivity index (χ0v) is 16.1. The van der Waals surface area contributed by atoms with Crippen LogP contribution in [0.1, 0.15) is 31.9 Å². The Bertz CT molecular complexity index is 786. The first kappa shape index (κ1) is 18.6. The second-order valence-corrected chi connectivity index (χ2v) is 7.62. The molecule has 5 heteroatoms. The van der Waals surface area contributed by atoms with Gasteiger partial charge in [0, 0.05) is 17.5 Å². The third-order valence-electron chi connectivity index (χ3n) is 4.41. The van der Waals surface area contributed by atoms with E-state index in [4.69, 9.17) is 21.1 Å². The SMILES string of the molecule is C[C@@H](Cc1ccc2c(c1)CCO2)NC(=O)C(C)(C)Oc1ccc(Cl)cc1. The summed E-state index contributed by atoms with van der Waals surface area (Å²) < 4.78 is 11.4. The van der Waals surface area contributed by atoms with Crippen LogP contribution in [0.3, 0.4) is 0 Å². The molecule has 4 nitrogen and oxygen atoms in total. The van der Waals surface area contributed by atoms with Crippen molar-refractivity contribution in [2.45, 2.75) is 45.3 Å². The molecule has 1 N–H and O–H groups in total. The van der Waals surface area contributed by atoms with E-state index >= 15 is 0 Å². The highest BCUT2D eigenvalue weighted by Gasteiger charge is 2.31. The highest BCUT2D eigenvalue weighted by atomic mass is 35.5. The number of nitrogens with one attached hydrogen (secondary N) is 1. The molecule has 26 heavy (non-hydrogen) atoms. The molecule has 0 unspecified atom stereocenters. The van der Waals surface area contributed by atoms with Crippen molar-refractivity contribution in [1.82, 2.24) is 5.32 Å². The number of halogens is 1. The van der Waals surface area contributed by atoms with Crippen molar-refractivity contribution >= 4 is 17.5 Å². The summed E-state index contributed by atoms with van der Waals surface area (Å²) in [7, 11) is 0. The normalized spacial score (nSPS) is 14.3. The van der Waals surface area contributed by atoms with Gasteiger partial charge in [-0.1, -0.05) is 23.7 Å². The lowest BCUT2D eigenvalue weighted by Crippen LogP contribution is -2.49. The fourth-order valence-electron chi connectivity index (χ4n) is 3.01. The van der Waals surface area contributed by atoms with Gasteiger partial charge in [0.25, 0.3) is 5.91 Å². The van der Waals surface area contributed by atoms with E-state index in [0.717, 1.165) is 25.2 Å². The molecule has 0 saturated heterocycles. The molecule has 0 spiro atoms. The van der Waals surface area contributed by atoms with Crippen LogP contribution in [0.5, 0.6) is 11.5 Å². The molecule has 0 radical (unpaired) electrons. The fourth-order valence-corrected chi connectivity index (χ4v) is 3.14. The molecule has 1 aliphatic rings. The molecule has 3 rings (SSSR count). The van der Waals surface area contributed by atoms with Gasteiger partial charge in [-0.3, -0.25) is 4.79 Å². The van der Waals surface area contributed by atoms with Gasteiger partial charge in [-0.2, -0.15) is 0 Å². The van der Waals surface area contributed by atoms with Crippen molar-refractivity contribution in [2.24, 2.45) is 0 Å². The highest BCUT2D eigenvalue weighted by Crippen LogP contribution is 2.26. The molecule has 1 heterocycles. The highest BCUT2D eigenvalue weighted by molar-refractivity contribution is 6.30. The molecule has 1 amide bonds. The Labute approximate surface area is 159 Å². The monoisotopic (exact) mass is 373 g/mol. The van der Waals surface area contributed by atoms with E-state index in [1.165, 1.54) is 11.1 Å². The van der Waals surface area contributed by atoms with E-state index in [9.17, 15) is 4.79 Å². The summed E-state index contributed by atoms with van der Waals surface area (Å²) in [6.07, 6.45) is 1.71. The minimum atomic E-state index is -0.978. The Morgan fingerprint density at radius 1 is 1.27 bits per heavy atom. The molecule has 0 fully saturated rings. The summed E-state index contributed by atoms with van der Waals surface area (Å²) in [6.45, 7) is 6.27. The number of ether oxygens (including phenoxy) is 2. The van der Waals surface area contributed by atoms with E-state index < -0.39 is 5.60 Å². The average molecular weight is 374 g/mol. The summed E-state index contributed by atoms with van der Waals surface area (Å²) >= 11 is 5.88. The van der Waals surface area contributed by atoms with Crippen LogP contribution in [-0.4, -0.2) is 24.2 Å². The first-order valence-corrected chi connectivity index (χ1v) is 9.21. The first-order valence-electron chi connectivity index (χ1n) is 8.83. The van der Waals surface area contributed by atoms with Crippen LogP contribution in [0.25, 0.3) is 0 Å². The largest absolute Gasteiger partial charge is 0.493 e. The molecule has 0 bridgehead atoms. The van der Waals surface area contributed by atoms with Gasteiger partial charge >= 0.3 is 0 Å². The van der Waals surface area contributed by atoms with Crippen LogP contribution in [0.4, 0.5) is 0 Å². The zero-order valence-electron chi connectivity index (χ0n) is 15.3. The van der Waals surface area contributed by atoms with Crippen molar-refractivity contribution in [3.8, 4) is 11.5 Å². The van der Waals surface area contributed by atoms with Gasteiger partial charge in [0.2, 0.25) is 0 Å². The topological polar surface area (TPSA) is 47.6 Å². The Kier molecular flexibility index (Phi) is 5.42. The molecule has 2 aromatic carbocycles. The molecule has 2 aromatic rings. The van der Waals surface area contributed by atoms with Crippen molar-refractivity contribution in [3.05, 3.63) is 58.6 Å². The molecule has 138 valence electrons. The van der Waals surface area contributed by atoms with Gasteiger partial charge in [0.05, 0.1) is 6.61 Å². The first-order chi connectivity index (χ1) is 12.3. The molecule has 0 saturated carbocycles. The minimum Gasteiger partial charge on any atom is -0.493 e. The van der Waals surface area contributed by atoms with E-state index in [-0.39, 0.29) is 11.9 Å². The predicted octanol–water partition coefficient (Wildman–Crippen LogP) is 4.18. The summed E-state index contributed by atoms with van der Waals surface area (Å²) in [5.74, 6) is 1.44. The van der Waals surface area contributed by atoms with Gasteiger partial charge in [-0.15, -0.1) is 0 Å². The van der Waals surface area contributed by atoms with Crippen molar-refractivity contribution in [1.29, 1.82) is 0 Å². The van der Waals surface area contributed by atoms with Crippen LogP contribution in [0, 0.1) is 0 Å². The van der Waals surface area contributed by atoms with E-state index in [0.29, 0.717) is 10.8 Å². The van der Waals surface area contributed by atoms with Gasteiger partial charge in [-0.05, 0) is 68.7 Å². The number of hydrogen-bond acceptors (Lipinski definition) is 3. The second kappa shape index (κ2) is 7.58. The smallest absolute Gasteiger partial charge is 0.263 e. The summed E-state index contributed by atoms with van der Waals surface area (Å²) in [5.41, 5.74) is 1.46. The average Bonchev–Trinajstić information content (AvgIpc) is 3.04. The number of carbonyl (C=O) groups is 1. The maximum atomic E-state index is 12.6. The number of amides is 1. The van der Waals surface area contributed by atoms with Crippen LogP contribution >= 0.6 is 11.6 Å². The molecule has 1 atom stereocenters. The fraction of sp³-hybridized carbons (Fsp3) is 0.381. The van der Waals surface area contributed by atoms with Gasteiger partial charge in [0.15, 0.2) is 5.60 Å². The Hall–Kier alpha value is -2.20. The number of fused-ring (bicyclic) bond motifs is 1. The molecular formula is C21H24ClNO3. The van der Waals surface area contributed by atoms with Crippen molar-refractivity contribution < 1.29 is 14.3 Å². The third kappa shape index (κ3) is 4.50. The standard InChI is InChI=1S/C21H24ClNO3/c1-14(12-15-4-9-19-16(13-15)10-11-25-19)23-20(24)21(2,3)26-18-7-5-17(22)6-8-18/h4-9,13-14H,10-12H2,1-3H3,(H,23,24)/t14-/m0/s1. The molecule has 1 aliphatic heterocycles. The van der Waals surface area contributed by atoms with Gasteiger partial charge in [-0.25, -0.2) is 0 Å². The number of hydrogen-bond donors (Lipinski definition) is 1. The predicted molar refractivity (Wildman–Crippen MR) is 103 cm³/mol. The molecule has 0 aromatic heterocycles. The van der Waals surface area contributed by atoms with E-state index in [1.807, 2.05) is 13.0 Å². The number of carbonyl (C=O) groups excluding carboxylic acids is 1. The van der Waals surface area contributed by atoms with E-state index in [1.54, 1.807) is 38.1 Å². The minimum absolute atomic E-state index is 0.00374. The molecule has 0 aliphatic carbocycles. The summed E-state index contributed by atoms with van der Waals surface area (Å²) in [5, 5.41) is 3.68. The lowest BCUT2D eigenvalue weighted by Gasteiger charge is -2.27. The van der Waals surface area contributed by atoms with E-state index in [2.05, 4.69) is 17.4 Å². The van der Waals surface area contributed by atoms with Crippen LogP contribution < -0.4 is 14.8 Å². The number of benzene rings is 2. The number of rotatable bonds is 6. The lowest BCUT2D eigenvalue weighted by molar-refractivity contribution is -0.134. The maximum Gasteiger partial charge on any atom is 0.263 e. The Balaban J connectivity index is 1.58. The summed E-state index contributed by atoms with van der Waals surface area (Å²) in [4.78, 5) is 12.6. The van der Waals surface area contributed by atoms with Crippen LogP contribution in [0.2, 0.25) is 5.02 Å². The Morgan fingerprint density at radius 2 is 2.00 bits per heavy atom. The zero-order chi connectivity index (χ0) is 18.7. The Morgan fingerprint density at radius 3 is 2.73 bits per heavy atom. The van der Waals surface area contributed by atoms with Crippen molar-refractivity contribution in [3.63, 3.8) is 0 Å². The van der Waals surface area contributed by atoms with Crippen molar-refractivity contribution in [2.75, 3.05) is 6.61 Å². The van der Waals surface area contributed by atoms with Gasteiger partial charge < -0.3 is 14.8 Å². The van der Waals surface area contributed by atoms with Crippen LogP contribution in [0.15, 0.2) is 42.5 Å². The molecular weight excluding hydrogens is 350 g/mol. The lowest BCUT2D eigenvalue weighted by atomic mass is 10.0. The summed E-state index contributed by atoms with van der Waals surface area (Å²) in [6, 6.07) is 13.2. The third-order valence-corrected chi connectivity index (χ3v) is 4.66. The van der Waals surface area contributed by atoms with Gasteiger partial charge in [0.1, 0.15) is 11.5 Å². The quantitative estimate of drug-likeness (QED) is 0.826. The second-order valence-electron chi connectivity index (χ2n) is 7.19.